The van der Waals surface area contributed by atoms with Crippen LogP contribution in [0.5, 0.6) is 0 Å². The minimum Gasteiger partial charge on any atom is 0 e. The summed E-state index contributed by atoms with van der Waals surface area (Å²) in [6.07, 6.45) is 4.13. The van der Waals surface area contributed by atoms with Gasteiger partial charge in [-0.05, 0) is 0 Å². The molecule has 0 atom stereocenters. The van der Waals surface area contributed by atoms with Crippen molar-refractivity contribution in [1.29, 1.82) is 5.41 Å². The summed E-state index contributed by atoms with van der Waals surface area (Å²) in [4.78, 5) is 0. The number of rotatable bonds is 6. The van der Waals surface area contributed by atoms with Gasteiger partial charge in [0.25, 0.3) is 0 Å². The van der Waals surface area contributed by atoms with E-state index in [1.54, 1.807) is 0 Å². The van der Waals surface area contributed by atoms with Crippen LogP contribution in [-0.2, 0) is 0 Å². The van der Waals surface area contributed by atoms with Crippen LogP contribution < -0.4 is 21.5 Å². The summed E-state index contributed by atoms with van der Waals surface area (Å²) in [5.74, 6) is 0. The van der Waals surface area contributed by atoms with Gasteiger partial charge in [-0.2, -0.15) is 0 Å². The second-order valence-corrected chi connectivity index (χ2v) is 9.12. The molecule has 0 aromatic carbocycles. The van der Waals surface area contributed by atoms with E-state index in [1.165, 1.54) is 0 Å². The quantitative estimate of drug-likeness (QED) is 0.210. The minimum absolute atomic E-state index is 0. The van der Waals surface area contributed by atoms with E-state index in [2.05, 4.69) is 26.2 Å². The van der Waals surface area contributed by atoms with Crippen molar-refractivity contribution in [2.75, 3.05) is 7.05 Å². The molecule has 0 aliphatic heterocycles. The molecule has 0 saturated carbocycles. The molecule has 0 aliphatic rings. The summed E-state index contributed by atoms with van der Waals surface area (Å²) in [5, 5.41) is 7.59. The fraction of sp³-hybridized carbons (Fsp3) is 0.571. The van der Waals surface area contributed by atoms with Crippen LogP contribution in [0.25, 0.3) is 0 Å². The SMILES string of the molecule is C=IN(C)[I-]C(=N)C[CH-]CC.[Pm]. The number of hydrogen-bond donors (Lipinski definition) is 1. The molecule has 5 heteroatoms. The molecule has 73 valence electrons. The van der Waals surface area contributed by atoms with Gasteiger partial charge in [0, 0.05) is 40.4 Å². The van der Waals surface area contributed by atoms with Crippen molar-refractivity contribution >= 4 is 29.2 Å². The summed E-state index contributed by atoms with van der Waals surface area (Å²) in [7, 11) is 2.08. The Bertz CT molecular complexity index is 141. The van der Waals surface area contributed by atoms with Crippen molar-refractivity contribution < 1.29 is 61.9 Å². The molecule has 0 aliphatic carbocycles. The zero-order valence-corrected chi connectivity index (χ0v) is 14.5. The average molecular weight is 525 g/mol. The first-order valence-electron chi connectivity index (χ1n) is 3.37. The van der Waals surface area contributed by atoms with Gasteiger partial charge in [0.1, 0.15) is 0 Å². The number of halogens is 2. The molecule has 0 aromatic heterocycles. The predicted molar refractivity (Wildman–Crippen MR) is 55.8 cm³/mol. The topological polar surface area (TPSA) is 27.1 Å². The van der Waals surface area contributed by atoms with E-state index in [9.17, 15) is 0 Å². The van der Waals surface area contributed by atoms with Crippen LogP contribution in [-0.4, -0.2) is 16.6 Å². The monoisotopic (exact) mass is 525 g/mol. The first-order chi connectivity index (χ1) is 5.20. The van der Waals surface area contributed by atoms with E-state index in [-0.39, 0.29) is 82.9 Å². The van der Waals surface area contributed by atoms with Gasteiger partial charge in [0.15, 0.2) is 0 Å². The Morgan fingerprint density at radius 3 is 2.75 bits per heavy atom. The molecule has 2 nitrogen and oxygen atoms in total. The molecule has 0 rings (SSSR count). The van der Waals surface area contributed by atoms with Crippen LogP contribution in [0.1, 0.15) is 19.8 Å². The van der Waals surface area contributed by atoms with Gasteiger partial charge in [0.05, 0.1) is 0 Å². The van der Waals surface area contributed by atoms with Crippen LogP contribution in [0.4, 0.5) is 0 Å². The minimum atomic E-state index is -0.141. The summed E-state index contributed by atoms with van der Waals surface area (Å²) in [5.41, 5.74) is 0. The van der Waals surface area contributed by atoms with Gasteiger partial charge in [0.2, 0.25) is 0 Å². The molecule has 0 heterocycles. The maximum absolute atomic E-state index is 7.59. The normalized spacial score (nSPS) is 9.92. The van der Waals surface area contributed by atoms with Crippen molar-refractivity contribution in [1.82, 2.24) is 1.33 Å². The van der Waals surface area contributed by atoms with Crippen molar-refractivity contribution in [2.24, 2.45) is 0 Å². The van der Waals surface area contributed by atoms with Gasteiger partial charge in [-0.15, -0.1) is 0 Å². The Labute approximate surface area is 129 Å². The standard InChI is InChI=1S/C7H14I2N2.Pm/c1-4-5-6-7(10)9-11(3)8-2;/h5,10H,2,4,6H2,1,3H3;/q-2;. The third-order valence-corrected chi connectivity index (χ3v) is 6.58. The van der Waals surface area contributed by atoms with Crippen LogP contribution in [0.15, 0.2) is 0 Å². The van der Waals surface area contributed by atoms with Gasteiger partial charge < -0.3 is 0 Å². The van der Waals surface area contributed by atoms with Gasteiger partial charge in [-0.3, -0.25) is 0 Å². The van der Waals surface area contributed by atoms with E-state index >= 15 is 0 Å². The molecule has 1 radical (unpaired) electrons. The van der Waals surface area contributed by atoms with Crippen LogP contribution in [0.2, 0.25) is 0 Å². The summed E-state index contributed by atoms with van der Waals surface area (Å²) >= 11 is -0.169. The second-order valence-electron chi connectivity index (χ2n) is 1.91. The Hall–Kier alpha value is 2.30. The zero-order chi connectivity index (χ0) is 8.69. The number of unbranched alkanes of at least 4 members (excludes halogenated alkanes) is 1. The van der Waals surface area contributed by atoms with E-state index < -0.39 is 0 Å². The van der Waals surface area contributed by atoms with E-state index in [0.29, 0.717) is 0 Å². The molecule has 0 saturated heterocycles. The predicted octanol–water partition coefficient (Wildman–Crippen LogP) is -0.778. The largest absolute Gasteiger partial charge is 0 e. The molecular formula is C7H14I2N2Pm-2. The number of hydrogen-bond acceptors (Lipinski definition) is 2. The molecule has 12 heavy (non-hydrogen) atoms. The van der Waals surface area contributed by atoms with E-state index in [1.807, 2.05) is 0 Å². The Kier molecular flexibility index (Phi) is 15.8. The Balaban J connectivity index is 0. The number of nitrogens with one attached hydrogen (secondary N) is 1. The molecular weight excluding hydrogens is 511 g/mol. The molecule has 0 bridgehead atoms. The van der Waals surface area contributed by atoms with E-state index in [4.69, 9.17) is 5.41 Å². The molecule has 0 aromatic rings. The van der Waals surface area contributed by atoms with Crippen molar-refractivity contribution in [3.63, 3.8) is 0 Å². The molecule has 1 N–H and O–H groups in total. The maximum atomic E-state index is 7.59. The fourth-order valence-corrected chi connectivity index (χ4v) is 4.25. The first-order valence-corrected chi connectivity index (χ1v) is 7.90. The summed E-state index contributed by atoms with van der Waals surface area (Å²) in [6, 6.07) is 0. The number of nitrogens with zero attached hydrogens (tertiary/aromatic N) is 1. The Morgan fingerprint density at radius 1 is 1.75 bits per heavy atom. The van der Waals surface area contributed by atoms with Gasteiger partial charge in [-0.1, -0.05) is 0 Å². The van der Waals surface area contributed by atoms with Crippen molar-refractivity contribution in [3.8, 4) is 0 Å². The fourth-order valence-electron chi connectivity index (χ4n) is 0.469. The average Bonchev–Trinajstić information content (AvgIpc) is 2.00. The summed E-state index contributed by atoms with van der Waals surface area (Å²) in [6.45, 7) is 2.11. The third-order valence-electron chi connectivity index (χ3n) is 0.995. The first kappa shape index (κ1) is 16.7. The second kappa shape index (κ2) is 11.4. The van der Waals surface area contributed by atoms with E-state index in [0.717, 1.165) is 16.6 Å². The Morgan fingerprint density at radius 2 is 2.33 bits per heavy atom. The molecule has 0 spiro atoms. The van der Waals surface area contributed by atoms with Crippen molar-refractivity contribution in [2.45, 2.75) is 19.8 Å². The van der Waals surface area contributed by atoms with Crippen LogP contribution in [0.3, 0.4) is 0 Å². The third kappa shape index (κ3) is 10.4. The summed E-state index contributed by atoms with van der Waals surface area (Å²) < 4.78 is 7.04. The van der Waals surface area contributed by atoms with Crippen LogP contribution in [0, 0.1) is 52.2 Å². The molecule has 0 fully saturated rings. The molecule has 0 amide bonds. The van der Waals surface area contributed by atoms with Crippen LogP contribution >= 0.6 is 21.0 Å². The van der Waals surface area contributed by atoms with Gasteiger partial charge in [-0.25, -0.2) is 0 Å². The molecule has 0 unspecified atom stereocenters. The maximum Gasteiger partial charge on any atom is 0 e. The zero-order valence-electron chi connectivity index (χ0n) is 7.35. The van der Waals surface area contributed by atoms with Crippen molar-refractivity contribution in [3.05, 3.63) is 6.42 Å². The van der Waals surface area contributed by atoms with Gasteiger partial charge >= 0.3 is 90.7 Å². The smallest absolute Gasteiger partial charge is 0 e.